The van der Waals surface area contributed by atoms with Crippen molar-refractivity contribution in [2.45, 2.75) is 19.4 Å². The van der Waals surface area contributed by atoms with Crippen LogP contribution in [-0.2, 0) is 6.54 Å². The Morgan fingerprint density at radius 2 is 2.00 bits per heavy atom. The summed E-state index contributed by atoms with van der Waals surface area (Å²) in [6.45, 7) is 0.661. The van der Waals surface area contributed by atoms with Gasteiger partial charge in [-0.15, -0.1) is 0 Å². The molecule has 0 fully saturated rings. The number of fused-ring (bicyclic) bond motifs is 2. The third kappa shape index (κ3) is 3.03. The van der Waals surface area contributed by atoms with Gasteiger partial charge in [0.15, 0.2) is 0 Å². The molecule has 0 amide bonds. The van der Waals surface area contributed by atoms with Crippen LogP contribution in [0.1, 0.15) is 24.2 Å². The van der Waals surface area contributed by atoms with E-state index in [-0.39, 0.29) is 5.56 Å². The van der Waals surface area contributed by atoms with Crippen molar-refractivity contribution in [2.24, 2.45) is 0 Å². The maximum Gasteiger partial charge on any atom is 0.261 e. The van der Waals surface area contributed by atoms with Crippen molar-refractivity contribution in [2.75, 3.05) is 20.0 Å². The van der Waals surface area contributed by atoms with Crippen molar-refractivity contribution in [3.05, 3.63) is 58.1 Å². The highest BCUT2D eigenvalue weighted by Crippen LogP contribution is 2.32. The van der Waals surface area contributed by atoms with E-state index in [0.29, 0.717) is 29.0 Å². The van der Waals surface area contributed by atoms with Crippen molar-refractivity contribution in [3.63, 3.8) is 0 Å². The minimum atomic E-state index is -0.0294. The number of nitrogens with two attached hydrogens (primary N) is 1. The Kier molecular flexibility index (Phi) is 4.32. The molecule has 6 nitrogen and oxygen atoms in total. The number of nitrogens with zero attached hydrogens (tertiary/aromatic N) is 2. The third-order valence-electron chi connectivity index (χ3n) is 4.86. The number of methoxy groups -OCH3 is 2. The minimum Gasteiger partial charge on any atom is -0.497 e. The number of rotatable bonds is 3. The van der Waals surface area contributed by atoms with Crippen molar-refractivity contribution in [3.8, 4) is 11.5 Å². The lowest BCUT2D eigenvalue weighted by molar-refractivity contribution is 0.402. The first kappa shape index (κ1) is 17.1. The predicted molar refractivity (Wildman–Crippen MR) is 107 cm³/mol. The molecule has 0 aliphatic carbocycles. The van der Waals surface area contributed by atoms with Crippen LogP contribution in [0.25, 0.3) is 22.6 Å². The number of nitrogen functional groups attached to an aromatic ring is 1. The third-order valence-corrected chi connectivity index (χ3v) is 4.86. The van der Waals surface area contributed by atoms with Crippen LogP contribution in [0.3, 0.4) is 0 Å². The molecule has 6 heteroatoms. The van der Waals surface area contributed by atoms with E-state index in [4.69, 9.17) is 20.2 Å². The number of benzene rings is 2. The van der Waals surface area contributed by atoms with Gasteiger partial charge in [-0.3, -0.25) is 9.36 Å². The Morgan fingerprint density at radius 1 is 1.15 bits per heavy atom. The van der Waals surface area contributed by atoms with Crippen LogP contribution < -0.4 is 20.8 Å². The number of ether oxygens (including phenoxy) is 2. The van der Waals surface area contributed by atoms with E-state index in [1.165, 1.54) is 0 Å². The SMILES string of the molecule is COc1ccc(OC)c(/C=C2\CCCn3c2nc2cc(N)ccc2c3=O)c1. The molecule has 138 valence electrons. The fraction of sp³-hybridized carbons (Fsp3) is 0.238. The molecule has 0 atom stereocenters. The molecule has 4 rings (SSSR count). The second-order valence-electron chi connectivity index (χ2n) is 6.55. The summed E-state index contributed by atoms with van der Waals surface area (Å²) in [6, 6.07) is 10.9. The van der Waals surface area contributed by atoms with E-state index in [9.17, 15) is 4.79 Å². The first-order chi connectivity index (χ1) is 13.1. The Morgan fingerprint density at radius 3 is 2.78 bits per heavy atom. The van der Waals surface area contributed by atoms with E-state index >= 15 is 0 Å². The zero-order valence-corrected chi connectivity index (χ0v) is 15.4. The largest absolute Gasteiger partial charge is 0.497 e. The molecule has 0 bridgehead atoms. The normalized spacial score (nSPS) is 15.0. The first-order valence-electron chi connectivity index (χ1n) is 8.84. The van der Waals surface area contributed by atoms with Gasteiger partial charge in [-0.1, -0.05) is 0 Å². The number of hydrogen-bond donors (Lipinski definition) is 1. The topological polar surface area (TPSA) is 79.4 Å². The summed E-state index contributed by atoms with van der Waals surface area (Å²) < 4.78 is 12.6. The summed E-state index contributed by atoms with van der Waals surface area (Å²) >= 11 is 0. The van der Waals surface area contributed by atoms with Gasteiger partial charge in [0.25, 0.3) is 5.56 Å². The van der Waals surface area contributed by atoms with Gasteiger partial charge in [-0.2, -0.15) is 0 Å². The van der Waals surface area contributed by atoms with Gasteiger partial charge in [-0.05, 0) is 60.9 Å². The highest BCUT2D eigenvalue weighted by molar-refractivity contribution is 5.86. The lowest BCUT2D eigenvalue weighted by Crippen LogP contribution is -2.27. The van der Waals surface area contributed by atoms with Crippen LogP contribution in [-0.4, -0.2) is 23.8 Å². The molecule has 3 aromatic rings. The molecular weight excluding hydrogens is 342 g/mol. The number of anilines is 1. The fourth-order valence-electron chi connectivity index (χ4n) is 3.51. The van der Waals surface area contributed by atoms with Crippen LogP contribution in [0, 0.1) is 0 Å². The Bertz CT molecular complexity index is 1120. The molecule has 0 saturated heterocycles. The zero-order valence-electron chi connectivity index (χ0n) is 15.4. The highest BCUT2D eigenvalue weighted by Gasteiger charge is 2.19. The summed E-state index contributed by atoms with van der Waals surface area (Å²) in [5.41, 5.74) is 8.95. The summed E-state index contributed by atoms with van der Waals surface area (Å²) in [5.74, 6) is 2.18. The quantitative estimate of drug-likeness (QED) is 0.722. The molecule has 0 spiro atoms. The van der Waals surface area contributed by atoms with Gasteiger partial charge in [0, 0.05) is 17.8 Å². The predicted octanol–water partition coefficient (Wildman–Crippen LogP) is 3.33. The number of hydrogen-bond acceptors (Lipinski definition) is 5. The van der Waals surface area contributed by atoms with Crippen LogP contribution >= 0.6 is 0 Å². The van der Waals surface area contributed by atoms with Gasteiger partial charge in [0.2, 0.25) is 0 Å². The van der Waals surface area contributed by atoms with E-state index in [2.05, 4.69) is 0 Å². The van der Waals surface area contributed by atoms with Gasteiger partial charge in [-0.25, -0.2) is 4.98 Å². The summed E-state index contributed by atoms with van der Waals surface area (Å²) in [6.07, 6.45) is 3.74. The van der Waals surface area contributed by atoms with Gasteiger partial charge in [0.05, 0.1) is 25.1 Å². The molecule has 1 aromatic heterocycles. The molecule has 1 aliphatic heterocycles. The van der Waals surface area contributed by atoms with E-state index in [1.54, 1.807) is 37.0 Å². The fourth-order valence-corrected chi connectivity index (χ4v) is 3.51. The average molecular weight is 363 g/mol. The van der Waals surface area contributed by atoms with E-state index < -0.39 is 0 Å². The average Bonchev–Trinajstić information content (AvgIpc) is 2.68. The molecule has 2 heterocycles. The highest BCUT2D eigenvalue weighted by atomic mass is 16.5. The number of allylic oxidation sites excluding steroid dienone is 1. The van der Waals surface area contributed by atoms with Crippen molar-refractivity contribution < 1.29 is 9.47 Å². The molecule has 1 aliphatic rings. The second-order valence-corrected chi connectivity index (χ2v) is 6.55. The van der Waals surface area contributed by atoms with E-state index in [1.807, 2.05) is 24.3 Å². The van der Waals surface area contributed by atoms with Crippen molar-refractivity contribution >= 4 is 28.2 Å². The molecule has 27 heavy (non-hydrogen) atoms. The van der Waals surface area contributed by atoms with Gasteiger partial charge in [0.1, 0.15) is 17.3 Å². The lowest BCUT2D eigenvalue weighted by Gasteiger charge is -2.21. The molecule has 2 aromatic carbocycles. The van der Waals surface area contributed by atoms with Crippen molar-refractivity contribution in [1.82, 2.24) is 9.55 Å². The molecule has 0 unspecified atom stereocenters. The Labute approximate surface area is 156 Å². The van der Waals surface area contributed by atoms with E-state index in [0.717, 1.165) is 35.5 Å². The number of aromatic nitrogens is 2. The van der Waals surface area contributed by atoms with Crippen LogP contribution in [0.5, 0.6) is 11.5 Å². The summed E-state index contributed by atoms with van der Waals surface area (Å²) in [4.78, 5) is 17.7. The summed E-state index contributed by atoms with van der Waals surface area (Å²) in [7, 11) is 3.27. The standard InChI is InChI=1S/C21H21N3O3/c1-26-16-6-8-19(27-2)14(11-16)10-13-4-3-9-24-20(13)23-18-12-15(22)5-7-17(18)21(24)25/h5-8,10-12H,3-4,9,22H2,1-2H3/b13-10+. The van der Waals surface area contributed by atoms with Crippen LogP contribution in [0.4, 0.5) is 5.69 Å². The maximum atomic E-state index is 12.9. The summed E-state index contributed by atoms with van der Waals surface area (Å²) in [5, 5.41) is 0.591. The Balaban J connectivity index is 1.92. The lowest BCUT2D eigenvalue weighted by atomic mass is 10.0. The minimum absolute atomic E-state index is 0.0294. The van der Waals surface area contributed by atoms with Gasteiger partial charge < -0.3 is 15.2 Å². The maximum absolute atomic E-state index is 12.9. The zero-order chi connectivity index (χ0) is 19.0. The van der Waals surface area contributed by atoms with Gasteiger partial charge >= 0.3 is 0 Å². The second kappa shape index (κ2) is 6.79. The molecular formula is C21H21N3O3. The molecule has 0 radical (unpaired) electrons. The Hall–Kier alpha value is -3.28. The molecule has 0 saturated carbocycles. The molecule has 2 N–H and O–H groups in total. The van der Waals surface area contributed by atoms with Crippen LogP contribution in [0.15, 0.2) is 41.2 Å². The smallest absolute Gasteiger partial charge is 0.261 e. The monoisotopic (exact) mass is 363 g/mol. The van der Waals surface area contributed by atoms with Crippen LogP contribution in [0.2, 0.25) is 0 Å². The van der Waals surface area contributed by atoms with Crippen molar-refractivity contribution in [1.29, 1.82) is 0 Å². The first-order valence-corrected chi connectivity index (χ1v) is 8.84.